The lowest BCUT2D eigenvalue weighted by Gasteiger charge is -2.23. The number of carboxylic acid groups (broad SMARTS) is 1. The van der Waals surface area contributed by atoms with E-state index in [0.29, 0.717) is 6.42 Å². The van der Waals surface area contributed by atoms with Crippen molar-refractivity contribution in [3.63, 3.8) is 0 Å². The molecule has 34 heavy (non-hydrogen) atoms. The number of alkyl carbamates (subject to hydrolysis) is 1. The van der Waals surface area contributed by atoms with Crippen LogP contribution in [-0.4, -0.2) is 53.0 Å². The number of aliphatic carboxylic acids is 1. The lowest BCUT2D eigenvalue weighted by atomic mass is 9.98. The van der Waals surface area contributed by atoms with Gasteiger partial charge in [-0.2, -0.15) is 0 Å². The maximum atomic E-state index is 12.6. The van der Waals surface area contributed by atoms with Crippen molar-refractivity contribution in [2.24, 2.45) is 0 Å². The van der Waals surface area contributed by atoms with E-state index in [-0.39, 0.29) is 31.4 Å². The van der Waals surface area contributed by atoms with E-state index < -0.39 is 30.1 Å². The number of carbonyl (C=O) groups is 3. The number of rotatable bonds is 11. The molecule has 2 atom stereocenters. The molecule has 3 rings (SSSR count). The molecule has 8 heteroatoms. The Hall–Kier alpha value is -3.39. The van der Waals surface area contributed by atoms with E-state index in [1.807, 2.05) is 43.3 Å². The van der Waals surface area contributed by atoms with Gasteiger partial charge in [0.15, 0.2) is 0 Å². The van der Waals surface area contributed by atoms with Crippen molar-refractivity contribution in [3.05, 3.63) is 59.7 Å². The van der Waals surface area contributed by atoms with Crippen molar-refractivity contribution in [3.8, 4) is 11.1 Å². The fourth-order valence-electron chi connectivity index (χ4n) is 4.35. The van der Waals surface area contributed by atoms with Crippen LogP contribution >= 0.6 is 0 Å². The van der Waals surface area contributed by atoms with Crippen LogP contribution in [-0.2, 0) is 14.3 Å². The van der Waals surface area contributed by atoms with E-state index in [9.17, 15) is 19.5 Å². The fraction of sp³-hybridized carbons (Fsp3) is 0.423. The van der Waals surface area contributed by atoms with Gasteiger partial charge in [-0.05, 0) is 35.6 Å². The van der Waals surface area contributed by atoms with Crippen molar-refractivity contribution >= 4 is 18.0 Å². The summed E-state index contributed by atoms with van der Waals surface area (Å²) in [5.41, 5.74) is 2.98. The third-order valence-corrected chi connectivity index (χ3v) is 5.93. The lowest BCUT2D eigenvalue weighted by molar-refractivity contribution is -0.142. The zero-order valence-electron chi connectivity index (χ0n) is 19.5. The minimum atomic E-state index is -1.55. The topological polar surface area (TPSA) is 125 Å². The Bertz CT molecular complexity index is 990. The minimum absolute atomic E-state index is 0.00118. The summed E-state index contributed by atoms with van der Waals surface area (Å²) in [6.07, 6.45) is 0.248. The molecule has 1 unspecified atom stereocenters. The number of hydrogen-bond acceptors (Lipinski definition) is 5. The number of hydrogen-bond donors (Lipinski definition) is 4. The molecule has 182 valence electrons. The van der Waals surface area contributed by atoms with Gasteiger partial charge in [-0.1, -0.05) is 61.9 Å². The molecule has 0 saturated heterocycles. The smallest absolute Gasteiger partial charge is 0.407 e. The molecule has 0 spiro atoms. The summed E-state index contributed by atoms with van der Waals surface area (Å²) >= 11 is 0. The summed E-state index contributed by atoms with van der Waals surface area (Å²) < 4.78 is 5.57. The molecule has 0 fully saturated rings. The highest BCUT2D eigenvalue weighted by Gasteiger charge is 2.29. The summed E-state index contributed by atoms with van der Waals surface area (Å²) in [6.45, 7) is 3.28. The van der Waals surface area contributed by atoms with Crippen LogP contribution in [0.1, 0.15) is 56.6 Å². The van der Waals surface area contributed by atoms with Crippen LogP contribution < -0.4 is 10.6 Å². The Labute approximate surface area is 199 Å². The van der Waals surface area contributed by atoms with Gasteiger partial charge < -0.3 is 25.6 Å². The molecular formula is C26H32N2O6. The quantitative estimate of drug-likeness (QED) is 0.400. The second-order valence-electron chi connectivity index (χ2n) is 9.00. The van der Waals surface area contributed by atoms with Crippen LogP contribution in [0.25, 0.3) is 11.1 Å². The first-order valence-electron chi connectivity index (χ1n) is 11.5. The van der Waals surface area contributed by atoms with Gasteiger partial charge in [0.1, 0.15) is 6.61 Å². The molecule has 2 aromatic rings. The van der Waals surface area contributed by atoms with Gasteiger partial charge in [0, 0.05) is 24.9 Å². The van der Waals surface area contributed by atoms with Crippen LogP contribution in [0.5, 0.6) is 0 Å². The average molecular weight is 469 g/mol. The Balaban J connectivity index is 1.54. The largest absolute Gasteiger partial charge is 0.481 e. The second-order valence-corrected chi connectivity index (χ2v) is 9.00. The molecule has 0 aromatic heterocycles. The normalized spacial score (nSPS) is 14.9. The van der Waals surface area contributed by atoms with E-state index in [1.54, 1.807) is 0 Å². The van der Waals surface area contributed by atoms with Crippen molar-refractivity contribution in [1.29, 1.82) is 0 Å². The van der Waals surface area contributed by atoms with Crippen molar-refractivity contribution in [2.45, 2.75) is 57.1 Å². The number of ether oxygens (including phenoxy) is 1. The van der Waals surface area contributed by atoms with Gasteiger partial charge in [0.05, 0.1) is 12.0 Å². The van der Waals surface area contributed by atoms with Crippen molar-refractivity contribution in [2.75, 3.05) is 13.2 Å². The van der Waals surface area contributed by atoms with Gasteiger partial charge in [0.25, 0.3) is 0 Å². The zero-order valence-corrected chi connectivity index (χ0v) is 19.5. The number of fused-ring (bicyclic) bond motifs is 3. The molecule has 0 saturated carbocycles. The zero-order chi connectivity index (χ0) is 24.7. The number of carboxylic acids is 1. The summed E-state index contributed by atoms with van der Waals surface area (Å²) in [5.74, 6) is -1.59. The SMILES string of the molecule is CCC[C@@H](CC(=O)NCC(C)(O)CC(=O)O)NC(=O)OCC1c2ccccc2-c2ccccc21. The molecule has 0 bridgehead atoms. The van der Waals surface area contributed by atoms with E-state index in [1.165, 1.54) is 6.92 Å². The molecule has 0 heterocycles. The number of carbonyl (C=O) groups excluding carboxylic acids is 2. The third kappa shape index (κ3) is 6.57. The van der Waals surface area contributed by atoms with E-state index in [4.69, 9.17) is 9.84 Å². The van der Waals surface area contributed by atoms with Crippen molar-refractivity contribution in [1.82, 2.24) is 10.6 Å². The second kappa shape index (κ2) is 11.2. The molecule has 0 aliphatic heterocycles. The predicted octanol–water partition coefficient (Wildman–Crippen LogP) is 3.43. The molecule has 2 aromatic carbocycles. The summed E-state index contributed by atoms with van der Waals surface area (Å²) in [4.78, 5) is 35.7. The summed E-state index contributed by atoms with van der Waals surface area (Å²) in [7, 11) is 0. The first kappa shape index (κ1) is 25.2. The first-order chi connectivity index (χ1) is 16.2. The van der Waals surface area contributed by atoms with E-state index in [2.05, 4.69) is 22.8 Å². The molecule has 1 aliphatic rings. The maximum Gasteiger partial charge on any atom is 0.407 e. The Morgan fingerprint density at radius 3 is 2.21 bits per heavy atom. The average Bonchev–Trinajstić information content (AvgIpc) is 3.09. The van der Waals surface area contributed by atoms with Crippen LogP contribution in [0.4, 0.5) is 4.79 Å². The molecule has 2 amide bonds. The Kier molecular flexibility index (Phi) is 8.28. The van der Waals surface area contributed by atoms with Crippen LogP contribution in [0.3, 0.4) is 0 Å². The van der Waals surface area contributed by atoms with E-state index in [0.717, 1.165) is 28.7 Å². The van der Waals surface area contributed by atoms with Gasteiger partial charge in [0.2, 0.25) is 5.91 Å². The summed E-state index contributed by atoms with van der Waals surface area (Å²) in [5, 5.41) is 24.2. The van der Waals surface area contributed by atoms with Crippen LogP contribution in [0, 0.1) is 0 Å². The Morgan fingerprint density at radius 2 is 1.65 bits per heavy atom. The Morgan fingerprint density at radius 1 is 1.06 bits per heavy atom. The molecule has 8 nitrogen and oxygen atoms in total. The number of amides is 2. The van der Waals surface area contributed by atoms with Gasteiger partial charge in [-0.15, -0.1) is 0 Å². The molecular weight excluding hydrogens is 436 g/mol. The third-order valence-electron chi connectivity index (χ3n) is 5.93. The minimum Gasteiger partial charge on any atom is -0.481 e. The fourth-order valence-corrected chi connectivity index (χ4v) is 4.35. The van der Waals surface area contributed by atoms with Gasteiger partial charge >= 0.3 is 12.1 Å². The number of benzene rings is 2. The molecule has 4 N–H and O–H groups in total. The standard InChI is InChI=1S/C26H32N2O6/c1-3-8-17(13-23(29)27-16-26(2,33)14-24(30)31)28-25(32)34-15-22-20-11-6-4-9-18(20)19-10-5-7-12-21(19)22/h4-7,9-12,17,22,33H,3,8,13-16H2,1-2H3,(H,27,29)(H,28,32)(H,30,31)/t17-,26?/m0/s1. The number of nitrogens with one attached hydrogen (secondary N) is 2. The molecule has 0 radical (unpaired) electrons. The van der Waals surface area contributed by atoms with Crippen molar-refractivity contribution < 1.29 is 29.3 Å². The van der Waals surface area contributed by atoms with Gasteiger partial charge in [-0.3, -0.25) is 9.59 Å². The maximum absolute atomic E-state index is 12.6. The highest BCUT2D eigenvalue weighted by atomic mass is 16.5. The number of aliphatic hydroxyl groups is 1. The first-order valence-corrected chi connectivity index (χ1v) is 11.5. The predicted molar refractivity (Wildman–Crippen MR) is 127 cm³/mol. The lowest BCUT2D eigenvalue weighted by Crippen LogP contribution is -2.45. The highest BCUT2D eigenvalue weighted by molar-refractivity contribution is 5.79. The van der Waals surface area contributed by atoms with Gasteiger partial charge in [-0.25, -0.2) is 4.79 Å². The monoisotopic (exact) mass is 468 g/mol. The highest BCUT2D eigenvalue weighted by Crippen LogP contribution is 2.44. The van der Waals surface area contributed by atoms with Crippen LogP contribution in [0.15, 0.2) is 48.5 Å². The molecule has 1 aliphatic carbocycles. The van der Waals surface area contributed by atoms with Crippen LogP contribution in [0.2, 0.25) is 0 Å². The summed E-state index contributed by atoms with van der Waals surface area (Å²) in [6, 6.07) is 15.7. The van der Waals surface area contributed by atoms with E-state index >= 15 is 0 Å².